The van der Waals surface area contributed by atoms with E-state index in [0.717, 1.165) is 17.6 Å². The van der Waals surface area contributed by atoms with E-state index in [0.29, 0.717) is 13.0 Å². The number of morpholine rings is 1. The minimum Gasteiger partial charge on any atom is -0.375 e. The summed E-state index contributed by atoms with van der Waals surface area (Å²) >= 11 is 0. The van der Waals surface area contributed by atoms with Gasteiger partial charge in [0.25, 0.3) is 5.91 Å². The van der Waals surface area contributed by atoms with Crippen molar-refractivity contribution in [1.29, 1.82) is 0 Å². The number of carbonyl (C=O) groups excluding carboxylic acids is 1. The fourth-order valence-corrected chi connectivity index (χ4v) is 3.38. The maximum atomic E-state index is 13.2. The lowest BCUT2D eigenvalue weighted by Gasteiger charge is -2.49. The molecule has 4 heteroatoms. The number of hydrogen-bond donors (Lipinski definition) is 0. The molecule has 0 aromatic heterocycles. The van der Waals surface area contributed by atoms with Crippen LogP contribution in [-0.4, -0.2) is 42.2 Å². The van der Waals surface area contributed by atoms with Gasteiger partial charge >= 0.3 is 0 Å². The van der Waals surface area contributed by atoms with Crippen molar-refractivity contribution in [3.05, 3.63) is 60.7 Å². The Morgan fingerprint density at radius 2 is 2.08 bits per heavy atom. The van der Waals surface area contributed by atoms with Gasteiger partial charge in [-0.25, -0.2) is 0 Å². The van der Waals surface area contributed by atoms with Crippen LogP contribution in [0.25, 0.3) is 0 Å². The molecule has 0 N–H and O–H groups in total. The summed E-state index contributed by atoms with van der Waals surface area (Å²) in [6, 6.07) is 9.97. The highest BCUT2D eigenvalue weighted by molar-refractivity contribution is 5.87. The fraction of sp³-hybridized carbons (Fsp3) is 0.500. The van der Waals surface area contributed by atoms with Crippen molar-refractivity contribution in [2.45, 2.75) is 57.5 Å². The molecular weight excluding hydrogens is 326 g/mol. The van der Waals surface area contributed by atoms with Crippen LogP contribution in [0.2, 0.25) is 0 Å². The predicted molar refractivity (Wildman–Crippen MR) is 105 cm³/mol. The van der Waals surface area contributed by atoms with Crippen LogP contribution in [0.5, 0.6) is 0 Å². The van der Waals surface area contributed by atoms with Gasteiger partial charge < -0.3 is 14.4 Å². The summed E-state index contributed by atoms with van der Waals surface area (Å²) in [6.45, 7) is 14.2. The van der Waals surface area contributed by atoms with E-state index in [4.69, 9.17) is 9.47 Å². The molecule has 26 heavy (non-hydrogen) atoms. The molecule has 1 aromatic rings. The summed E-state index contributed by atoms with van der Waals surface area (Å²) in [4.78, 5) is 15.0. The molecule has 0 saturated carbocycles. The van der Waals surface area contributed by atoms with Crippen LogP contribution in [0.3, 0.4) is 0 Å². The average Bonchev–Trinajstić information content (AvgIpc) is 2.62. The van der Waals surface area contributed by atoms with Crippen molar-refractivity contribution in [3.63, 3.8) is 0 Å². The first kappa shape index (κ1) is 20.4. The number of ether oxygens (including phenoxy) is 2. The molecular formula is C22H31NO3. The molecule has 0 spiro atoms. The maximum absolute atomic E-state index is 13.2. The number of hydrogen-bond acceptors (Lipinski definition) is 3. The number of carbonyl (C=O) groups is 1. The van der Waals surface area contributed by atoms with E-state index < -0.39 is 11.7 Å². The summed E-state index contributed by atoms with van der Waals surface area (Å²) in [7, 11) is 1.84. The molecule has 1 fully saturated rings. The lowest BCUT2D eigenvalue weighted by molar-refractivity contribution is -0.222. The summed E-state index contributed by atoms with van der Waals surface area (Å²) < 4.78 is 12.5. The molecule has 1 heterocycles. The zero-order chi connectivity index (χ0) is 19.3. The van der Waals surface area contributed by atoms with E-state index in [9.17, 15) is 4.79 Å². The third-order valence-electron chi connectivity index (χ3n) is 5.20. The van der Waals surface area contributed by atoms with Gasteiger partial charge in [0.05, 0.1) is 18.8 Å². The molecule has 1 aliphatic heterocycles. The quantitative estimate of drug-likeness (QED) is 0.652. The average molecular weight is 357 g/mol. The smallest absolute Gasteiger partial charge is 0.257 e. The number of benzene rings is 1. The summed E-state index contributed by atoms with van der Waals surface area (Å²) in [6.07, 6.45) is 2.29. The van der Waals surface area contributed by atoms with Gasteiger partial charge in [-0.1, -0.05) is 42.0 Å². The largest absolute Gasteiger partial charge is 0.375 e. The second-order valence-corrected chi connectivity index (χ2v) is 7.21. The molecule has 1 aliphatic rings. The van der Waals surface area contributed by atoms with Gasteiger partial charge in [-0.05, 0) is 32.8 Å². The van der Waals surface area contributed by atoms with Crippen molar-refractivity contribution in [2.24, 2.45) is 0 Å². The highest BCUT2D eigenvalue weighted by Crippen LogP contribution is 2.40. The molecule has 2 rings (SSSR count). The molecule has 142 valence electrons. The number of rotatable bonds is 8. The predicted octanol–water partition coefficient (Wildman–Crippen LogP) is 4.29. The Morgan fingerprint density at radius 1 is 1.42 bits per heavy atom. The van der Waals surface area contributed by atoms with Gasteiger partial charge in [-0.15, -0.1) is 13.2 Å². The van der Waals surface area contributed by atoms with Crippen molar-refractivity contribution >= 4 is 5.91 Å². The summed E-state index contributed by atoms with van der Waals surface area (Å²) in [5.74, 6) is -0.0556. The van der Waals surface area contributed by atoms with E-state index in [1.165, 1.54) is 0 Å². The van der Waals surface area contributed by atoms with Crippen molar-refractivity contribution < 1.29 is 14.3 Å². The molecule has 0 aliphatic carbocycles. The van der Waals surface area contributed by atoms with E-state index in [1.54, 1.807) is 11.0 Å². The Labute approximate surface area is 157 Å². The van der Waals surface area contributed by atoms with Gasteiger partial charge in [0.1, 0.15) is 6.10 Å². The van der Waals surface area contributed by atoms with Crippen LogP contribution in [0.1, 0.15) is 45.3 Å². The SMILES string of the molecule is C=CC[C@@]1([C@H](C)OCCC(=C)C)O[C@H](c2ccccc2)[C@H](C)N(C)C1=O. The Hall–Kier alpha value is -1.91. The third kappa shape index (κ3) is 4.08. The Balaban J connectivity index is 2.33. The maximum Gasteiger partial charge on any atom is 0.257 e. The zero-order valence-corrected chi connectivity index (χ0v) is 16.4. The molecule has 0 unspecified atom stereocenters. The zero-order valence-electron chi connectivity index (χ0n) is 16.4. The molecule has 4 nitrogen and oxygen atoms in total. The molecule has 1 aromatic carbocycles. The first-order valence-corrected chi connectivity index (χ1v) is 9.20. The third-order valence-corrected chi connectivity index (χ3v) is 5.20. The topological polar surface area (TPSA) is 38.8 Å². The van der Waals surface area contributed by atoms with Gasteiger partial charge in [0.15, 0.2) is 5.60 Å². The Kier molecular flexibility index (Phi) is 6.79. The van der Waals surface area contributed by atoms with Gasteiger partial charge in [0, 0.05) is 13.5 Å². The van der Waals surface area contributed by atoms with Crippen molar-refractivity contribution in [3.8, 4) is 0 Å². The molecule has 0 bridgehead atoms. The summed E-state index contributed by atoms with van der Waals surface area (Å²) in [5.41, 5.74) is 1.04. The monoisotopic (exact) mass is 357 g/mol. The number of nitrogens with zero attached hydrogens (tertiary/aromatic N) is 1. The first-order chi connectivity index (χ1) is 12.3. The van der Waals surface area contributed by atoms with Crippen molar-refractivity contribution in [2.75, 3.05) is 13.7 Å². The van der Waals surface area contributed by atoms with Crippen LogP contribution >= 0.6 is 0 Å². The van der Waals surface area contributed by atoms with E-state index >= 15 is 0 Å². The molecule has 1 amide bonds. The lowest BCUT2D eigenvalue weighted by atomic mass is 9.86. The molecule has 1 saturated heterocycles. The minimum absolute atomic E-state index is 0.0556. The van der Waals surface area contributed by atoms with Crippen LogP contribution in [0.4, 0.5) is 0 Å². The highest BCUT2D eigenvalue weighted by Gasteiger charge is 2.53. The van der Waals surface area contributed by atoms with Crippen LogP contribution < -0.4 is 0 Å². The number of amides is 1. The van der Waals surface area contributed by atoms with Crippen molar-refractivity contribution in [1.82, 2.24) is 4.90 Å². The highest BCUT2D eigenvalue weighted by atomic mass is 16.6. The lowest BCUT2D eigenvalue weighted by Crippen LogP contribution is -2.64. The second-order valence-electron chi connectivity index (χ2n) is 7.21. The molecule has 4 atom stereocenters. The van der Waals surface area contributed by atoms with Gasteiger partial charge in [0.2, 0.25) is 0 Å². The van der Waals surface area contributed by atoms with Gasteiger partial charge in [-0.2, -0.15) is 0 Å². The summed E-state index contributed by atoms with van der Waals surface area (Å²) in [5, 5.41) is 0. The first-order valence-electron chi connectivity index (χ1n) is 9.20. The van der Waals surface area contributed by atoms with Crippen LogP contribution in [0, 0.1) is 0 Å². The van der Waals surface area contributed by atoms with E-state index in [1.807, 2.05) is 58.2 Å². The van der Waals surface area contributed by atoms with E-state index in [-0.39, 0.29) is 18.1 Å². The minimum atomic E-state index is -1.07. The van der Waals surface area contributed by atoms with Crippen LogP contribution in [-0.2, 0) is 14.3 Å². The number of likely N-dealkylation sites (N-methyl/N-ethyl adjacent to an activating group) is 1. The standard InChI is InChI=1S/C22H31NO3/c1-7-14-22(18(5)25-15-13-16(2)3)21(24)23(6)17(4)20(26-22)19-11-9-8-10-12-19/h7-12,17-18,20H,1-2,13-15H2,3-6H3/t17-,18-,20-,22-/m0/s1. The second kappa shape index (κ2) is 8.65. The van der Waals surface area contributed by atoms with Gasteiger partial charge in [-0.3, -0.25) is 4.79 Å². The van der Waals surface area contributed by atoms with Crippen LogP contribution in [0.15, 0.2) is 55.1 Å². The Morgan fingerprint density at radius 3 is 2.65 bits per heavy atom. The Bertz CT molecular complexity index is 642. The fourth-order valence-electron chi connectivity index (χ4n) is 3.38. The van der Waals surface area contributed by atoms with E-state index in [2.05, 4.69) is 13.2 Å². The normalized spacial score (nSPS) is 27.2. The molecule has 0 radical (unpaired) electrons.